The van der Waals surface area contributed by atoms with Crippen molar-refractivity contribution >= 4 is 22.8 Å². The molecule has 12 nitrogen and oxygen atoms in total. The molecule has 5 N–H and O–H groups in total. The Labute approximate surface area is 156 Å². The molecular formula is C16H16N6O6. The van der Waals surface area contributed by atoms with Crippen LogP contribution in [-0.2, 0) is 4.74 Å². The number of para-hydroxylation sites is 1. The zero-order valence-electron chi connectivity index (χ0n) is 14.2. The van der Waals surface area contributed by atoms with Gasteiger partial charge in [0.05, 0.1) is 12.9 Å². The highest BCUT2D eigenvalue weighted by molar-refractivity contribution is 5.70. The molecule has 0 bridgehead atoms. The number of phenols is 1. The maximum Gasteiger partial charge on any atom is 0.280 e. The number of hydrogen-bond acceptors (Lipinski definition) is 10. The van der Waals surface area contributed by atoms with Crippen LogP contribution in [0.5, 0.6) is 5.75 Å². The van der Waals surface area contributed by atoms with Crippen molar-refractivity contribution in [3.63, 3.8) is 0 Å². The highest BCUT2D eigenvalue weighted by Gasteiger charge is 2.44. The third kappa shape index (κ3) is 3.03. The van der Waals surface area contributed by atoms with Gasteiger partial charge in [-0.3, -0.25) is 14.3 Å². The van der Waals surface area contributed by atoms with E-state index in [0.29, 0.717) is 0 Å². The quantitative estimate of drug-likeness (QED) is 0.383. The number of nitrogens with zero attached hydrogens (tertiary/aromatic N) is 5. The second-order valence-electron chi connectivity index (χ2n) is 6.13. The van der Waals surface area contributed by atoms with Crippen LogP contribution < -0.4 is 5.56 Å². The number of aromatic nitrogens is 4. The van der Waals surface area contributed by atoms with Crippen LogP contribution >= 0.6 is 0 Å². The second kappa shape index (κ2) is 7.09. The van der Waals surface area contributed by atoms with Gasteiger partial charge in [0.25, 0.3) is 11.5 Å². The van der Waals surface area contributed by atoms with E-state index in [1.165, 1.54) is 23.0 Å². The molecule has 3 aromatic rings. The van der Waals surface area contributed by atoms with Crippen molar-refractivity contribution in [2.75, 3.05) is 6.61 Å². The minimum absolute atomic E-state index is 0.0285. The van der Waals surface area contributed by atoms with Crippen molar-refractivity contribution in [2.24, 2.45) is 10.2 Å². The first-order valence-electron chi connectivity index (χ1n) is 8.28. The van der Waals surface area contributed by atoms with E-state index in [1.54, 1.807) is 12.1 Å². The van der Waals surface area contributed by atoms with Crippen LogP contribution in [0.25, 0.3) is 11.2 Å². The number of H-pyrrole nitrogens is 1. The van der Waals surface area contributed by atoms with Crippen LogP contribution in [0.1, 0.15) is 6.23 Å². The van der Waals surface area contributed by atoms with Gasteiger partial charge in [-0.15, -0.1) is 10.2 Å². The van der Waals surface area contributed by atoms with E-state index in [9.17, 15) is 25.2 Å². The van der Waals surface area contributed by atoms with E-state index in [0.717, 1.165) is 0 Å². The summed E-state index contributed by atoms with van der Waals surface area (Å²) < 4.78 is 6.72. The summed E-state index contributed by atoms with van der Waals surface area (Å²) in [6, 6.07) is 6.24. The number of nitrogens with one attached hydrogen (secondary N) is 1. The number of benzene rings is 1. The highest BCUT2D eigenvalue weighted by atomic mass is 16.6. The number of fused-ring (bicyclic) bond motifs is 1. The van der Waals surface area contributed by atoms with Crippen molar-refractivity contribution in [3.05, 3.63) is 40.9 Å². The van der Waals surface area contributed by atoms with E-state index < -0.39 is 36.7 Å². The monoisotopic (exact) mass is 388 g/mol. The zero-order chi connectivity index (χ0) is 19.8. The predicted molar refractivity (Wildman–Crippen MR) is 93.4 cm³/mol. The molecule has 2 unspecified atom stereocenters. The number of aliphatic hydroxyl groups excluding tert-OH is 3. The van der Waals surface area contributed by atoms with Crippen LogP contribution in [0.3, 0.4) is 0 Å². The molecule has 28 heavy (non-hydrogen) atoms. The maximum atomic E-state index is 12.3. The van der Waals surface area contributed by atoms with Crippen molar-refractivity contribution in [2.45, 2.75) is 24.5 Å². The van der Waals surface area contributed by atoms with Gasteiger partial charge in [-0.2, -0.15) is 4.98 Å². The molecule has 1 saturated heterocycles. The molecule has 0 radical (unpaired) electrons. The van der Waals surface area contributed by atoms with Crippen LogP contribution in [0.15, 0.2) is 45.6 Å². The number of hydrogen-bond donors (Lipinski definition) is 5. The molecule has 0 spiro atoms. The Balaban J connectivity index is 1.73. The normalized spacial score (nSPS) is 25.1. The number of imidazole rings is 1. The Hall–Kier alpha value is -3.19. The smallest absolute Gasteiger partial charge is 0.280 e. The van der Waals surface area contributed by atoms with Gasteiger partial charge >= 0.3 is 0 Å². The minimum atomic E-state index is -1.36. The first kappa shape index (κ1) is 18.2. The minimum Gasteiger partial charge on any atom is -0.506 e. The van der Waals surface area contributed by atoms with Gasteiger partial charge in [0, 0.05) is 0 Å². The molecule has 1 aliphatic rings. The van der Waals surface area contributed by atoms with E-state index in [-0.39, 0.29) is 28.5 Å². The molecule has 0 amide bonds. The fourth-order valence-electron chi connectivity index (χ4n) is 2.91. The zero-order valence-corrected chi connectivity index (χ0v) is 14.2. The van der Waals surface area contributed by atoms with E-state index in [2.05, 4.69) is 25.2 Å². The number of phenolic OH excluding ortho intramolecular Hbond substituents is 1. The van der Waals surface area contributed by atoms with Crippen molar-refractivity contribution in [1.29, 1.82) is 0 Å². The third-order valence-corrected chi connectivity index (χ3v) is 4.35. The Bertz CT molecular complexity index is 1090. The van der Waals surface area contributed by atoms with Crippen molar-refractivity contribution in [1.82, 2.24) is 19.5 Å². The Kier molecular flexibility index (Phi) is 4.60. The van der Waals surface area contributed by atoms with Crippen LogP contribution in [-0.4, -0.2) is 64.9 Å². The lowest BCUT2D eigenvalue weighted by Crippen LogP contribution is -2.33. The summed E-state index contributed by atoms with van der Waals surface area (Å²) >= 11 is 0. The molecule has 4 atom stereocenters. The lowest BCUT2D eigenvalue weighted by Gasteiger charge is -2.16. The summed E-state index contributed by atoms with van der Waals surface area (Å²) in [5.74, 6) is -0.250. The SMILES string of the molecule is O=c1[nH]c(N=Nc2ccccc2O)nc2c1ncn2C1OC(CO)[C@@H](O)[C@H]1O. The summed E-state index contributed by atoms with van der Waals surface area (Å²) in [7, 11) is 0. The first-order chi connectivity index (χ1) is 13.5. The van der Waals surface area contributed by atoms with Gasteiger partial charge in [-0.25, -0.2) is 4.98 Å². The molecule has 12 heteroatoms. The Morgan fingerprint density at radius 2 is 2.00 bits per heavy atom. The fraction of sp³-hybridized carbons (Fsp3) is 0.312. The standard InChI is InChI=1S/C16H16N6O6/c23-5-9-11(25)12(26)15(28-9)22-6-17-10-13(22)18-16(19-14(10)27)21-20-7-3-1-2-4-8(7)24/h1-4,6,9,11-12,15,23-26H,5H2,(H,18,19,27)/t9?,11-,12-,15?/m1/s1. The second-order valence-corrected chi connectivity index (χ2v) is 6.13. The maximum absolute atomic E-state index is 12.3. The summed E-state index contributed by atoms with van der Waals surface area (Å²) in [5, 5.41) is 46.8. The Morgan fingerprint density at radius 3 is 2.71 bits per heavy atom. The van der Waals surface area contributed by atoms with E-state index in [1.807, 2.05) is 0 Å². The van der Waals surface area contributed by atoms with Gasteiger partial charge in [-0.05, 0) is 12.1 Å². The average Bonchev–Trinajstić information content (AvgIpc) is 3.23. The molecular weight excluding hydrogens is 372 g/mol. The van der Waals surface area contributed by atoms with Crippen LogP contribution in [0.4, 0.5) is 11.6 Å². The van der Waals surface area contributed by atoms with Crippen LogP contribution in [0, 0.1) is 0 Å². The number of aromatic hydroxyl groups is 1. The molecule has 1 aromatic carbocycles. The number of rotatable bonds is 4. The summed E-state index contributed by atoms with van der Waals surface area (Å²) in [4.78, 5) is 22.8. The highest BCUT2D eigenvalue weighted by Crippen LogP contribution is 2.31. The average molecular weight is 388 g/mol. The topological polar surface area (TPSA) is 178 Å². The molecule has 4 rings (SSSR count). The van der Waals surface area contributed by atoms with Gasteiger partial charge in [0.2, 0.25) is 0 Å². The fourth-order valence-corrected chi connectivity index (χ4v) is 2.91. The lowest BCUT2D eigenvalue weighted by molar-refractivity contribution is -0.0511. The van der Waals surface area contributed by atoms with Gasteiger partial charge in [-0.1, -0.05) is 12.1 Å². The number of azo groups is 1. The third-order valence-electron chi connectivity index (χ3n) is 4.35. The first-order valence-corrected chi connectivity index (χ1v) is 8.28. The molecule has 3 heterocycles. The number of ether oxygens (including phenoxy) is 1. The van der Waals surface area contributed by atoms with Gasteiger partial charge in [0.1, 0.15) is 29.7 Å². The molecule has 1 aliphatic heterocycles. The lowest BCUT2D eigenvalue weighted by atomic mass is 10.1. The molecule has 0 saturated carbocycles. The van der Waals surface area contributed by atoms with Crippen LogP contribution in [0.2, 0.25) is 0 Å². The number of aromatic amines is 1. The van der Waals surface area contributed by atoms with E-state index in [4.69, 9.17) is 4.74 Å². The molecule has 146 valence electrons. The summed E-state index contributed by atoms with van der Waals surface area (Å²) in [6.07, 6.45) is -3.53. The summed E-state index contributed by atoms with van der Waals surface area (Å²) in [5.41, 5.74) is -0.395. The number of aliphatic hydroxyl groups is 3. The van der Waals surface area contributed by atoms with Gasteiger partial charge < -0.3 is 25.2 Å². The van der Waals surface area contributed by atoms with Crippen molar-refractivity contribution in [3.8, 4) is 5.75 Å². The predicted octanol–water partition coefficient (Wildman–Crippen LogP) is -0.148. The van der Waals surface area contributed by atoms with E-state index >= 15 is 0 Å². The van der Waals surface area contributed by atoms with Crippen molar-refractivity contribution < 1.29 is 25.2 Å². The van der Waals surface area contributed by atoms with Gasteiger partial charge in [0.15, 0.2) is 17.4 Å². The molecule has 2 aromatic heterocycles. The largest absolute Gasteiger partial charge is 0.506 e. The Morgan fingerprint density at radius 1 is 1.21 bits per heavy atom. The molecule has 1 fully saturated rings. The summed E-state index contributed by atoms with van der Waals surface area (Å²) in [6.45, 7) is -0.491. The molecule has 0 aliphatic carbocycles.